The predicted octanol–water partition coefficient (Wildman–Crippen LogP) is 3.72. The van der Waals surface area contributed by atoms with E-state index < -0.39 is 0 Å². The van der Waals surface area contributed by atoms with Gasteiger partial charge < -0.3 is 0 Å². The van der Waals surface area contributed by atoms with Crippen molar-refractivity contribution in [3.05, 3.63) is 72.1 Å². The maximum Gasteiger partial charge on any atom is 0.0992 e. The van der Waals surface area contributed by atoms with Gasteiger partial charge in [0.2, 0.25) is 0 Å². The number of benzene rings is 2. The minimum atomic E-state index is 0.634. The van der Waals surface area contributed by atoms with Crippen LogP contribution in [0.4, 0.5) is 0 Å². The molecule has 0 N–H and O–H groups in total. The third-order valence-corrected chi connectivity index (χ3v) is 3.21. The van der Waals surface area contributed by atoms with Crippen molar-refractivity contribution in [3.8, 4) is 22.9 Å². The van der Waals surface area contributed by atoms with E-state index >= 15 is 0 Å². The molecule has 96 valence electrons. The van der Waals surface area contributed by atoms with E-state index in [-0.39, 0.29) is 0 Å². The Hall–Kier alpha value is -2.86. The lowest BCUT2D eigenvalue weighted by molar-refractivity contribution is 0.880. The summed E-state index contributed by atoms with van der Waals surface area (Å²) in [7, 11) is 0. The molecule has 0 fully saturated rings. The summed E-state index contributed by atoms with van der Waals surface area (Å²) in [6.45, 7) is 2.07. The van der Waals surface area contributed by atoms with E-state index in [1.807, 2.05) is 30.6 Å². The third kappa shape index (κ3) is 2.32. The van der Waals surface area contributed by atoms with E-state index in [2.05, 4.69) is 42.4 Å². The van der Waals surface area contributed by atoms with Gasteiger partial charge in [0, 0.05) is 11.8 Å². The highest BCUT2D eigenvalue weighted by molar-refractivity contribution is 5.62. The van der Waals surface area contributed by atoms with E-state index in [9.17, 15) is 0 Å². The van der Waals surface area contributed by atoms with Gasteiger partial charge in [0.15, 0.2) is 0 Å². The quantitative estimate of drug-likeness (QED) is 0.703. The van der Waals surface area contributed by atoms with Crippen molar-refractivity contribution in [2.24, 2.45) is 0 Å². The summed E-state index contributed by atoms with van der Waals surface area (Å²) in [6, 6.07) is 17.9. The summed E-state index contributed by atoms with van der Waals surface area (Å²) in [6.07, 6.45) is 3.81. The Morgan fingerprint density at radius 3 is 2.60 bits per heavy atom. The fourth-order valence-corrected chi connectivity index (χ4v) is 2.08. The summed E-state index contributed by atoms with van der Waals surface area (Å²) < 4.78 is 1.79. The first kappa shape index (κ1) is 12.2. The molecular weight excluding hydrogens is 246 g/mol. The zero-order chi connectivity index (χ0) is 13.9. The smallest absolute Gasteiger partial charge is 0.0992 e. The average Bonchev–Trinajstić information content (AvgIpc) is 2.98. The van der Waals surface area contributed by atoms with Crippen LogP contribution in [0.25, 0.3) is 16.8 Å². The SMILES string of the molecule is Cc1ccc(-c2cnn(-c3cccc(C#N)c3)c2)cc1. The predicted molar refractivity (Wildman–Crippen MR) is 78.5 cm³/mol. The highest BCUT2D eigenvalue weighted by Crippen LogP contribution is 2.20. The minimum Gasteiger partial charge on any atom is -0.240 e. The highest BCUT2D eigenvalue weighted by Gasteiger charge is 2.04. The van der Waals surface area contributed by atoms with Crippen molar-refractivity contribution in [2.75, 3.05) is 0 Å². The van der Waals surface area contributed by atoms with Crippen molar-refractivity contribution in [1.29, 1.82) is 5.26 Å². The molecular formula is C17H13N3. The van der Waals surface area contributed by atoms with Crippen molar-refractivity contribution in [3.63, 3.8) is 0 Å². The molecule has 3 aromatic rings. The van der Waals surface area contributed by atoms with Crippen LogP contribution in [0.1, 0.15) is 11.1 Å². The van der Waals surface area contributed by atoms with E-state index in [4.69, 9.17) is 5.26 Å². The average molecular weight is 259 g/mol. The van der Waals surface area contributed by atoms with E-state index in [0.717, 1.165) is 16.8 Å². The number of aryl methyl sites for hydroxylation is 1. The summed E-state index contributed by atoms with van der Waals surface area (Å²) >= 11 is 0. The van der Waals surface area contributed by atoms with Gasteiger partial charge in [0.1, 0.15) is 0 Å². The number of aromatic nitrogens is 2. The summed E-state index contributed by atoms with van der Waals surface area (Å²) in [5.74, 6) is 0. The van der Waals surface area contributed by atoms with Crippen molar-refractivity contribution >= 4 is 0 Å². The van der Waals surface area contributed by atoms with Crippen LogP contribution in [0.5, 0.6) is 0 Å². The van der Waals surface area contributed by atoms with Gasteiger partial charge >= 0.3 is 0 Å². The van der Waals surface area contributed by atoms with Gasteiger partial charge in [-0.2, -0.15) is 10.4 Å². The topological polar surface area (TPSA) is 41.6 Å². The Morgan fingerprint density at radius 1 is 1.05 bits per heavy atom. The monoisotopic (exact) mass is 259 g/mol. The molecule has 3 rings (SSSR count). The maximum atomic E-state index is 8.94. The first-order chi connectivity index (χ1) is 9.76. The van der Waals surface area contributed by atoms with Crippen molar-refractivity contribution in [2.45, 2.75) is 6.92 Å². The van der Waals surface area contributed by atoms with Gasteiger partial charge in [-0.3, -0.25) is 0 Å². The molecule has 20 heavy (non-hydrogen) atoms. The minimum absolute atomic E-state index is 0.634. The lowest BCUT2D eigenvalue weighted by Crippen LogP contribution is -1.94. The van der Waals surface area contributed by atoms with Crippen LogP contribution < -0.4 is 0 Å². The van der Waals surface area contributed by atoms with Crippen molar-refractivity contribution < 1.29 is 0 Å². The Labute approximate surface area is 117 Å². The number of rotatable bonds is 2. The molecule has 0 saturated carbocycles. The van der Waals surface area contributed by atoms with Crippen LogP contribution in [0.3, 0.4) is 0 Å². The fourth-order valence-electron chi connectivity index (χ4n) is 2.08. The van der Waals surface area contributed by atoms with Gasteiger partial charge in [0.05, 0.1) is 23.5 Å². The molecule has 0 atom stereocenters. The lowest BCUT2D eigenvalue weighted by atomic mass is 10.1. The number of nitriles is 1. The molecule has 0 spiro atoms. The Bertz CT molecular complexity index is 776. The molecule has 2 aromatic carbocycles. The van der Waals surface area contributed by atoms with E-state index in [0.29, 0.717) is 5.56 Å². The van der Waals surface area contributed by atoms with Crippen LogP contribution in [0.2, 0.25) is 0 Å². The van der Waals surface area contributed by atoms with Gasteiger partial charge in [-0.25, -0.2) is 4.68 Å². The van der Waals surface area contributed by atoms with Gasteiger partial charge in [-0.05, 0) is 30.7 Å². The Kier molecular flexibility index (Phi) is 3.06. The molecule has 0 unspecified atom stereocenters. The van der Waals surface area contributed by atoms with Crippen LogP contribution >= 0.6 is 0 Å². The lowest BCUT2D eigenvalue weighted by Gasteiger charge is -2.01. The first-order valence-electron chi connectivity index (χ1n) is 6.38. The molecule has 0 bridgehead atoms. The van der Waals surface area contributed by atoms with Crippen LogP contribution in [-0.4, -0.2) is 9.78 Å². The van der Waals surface area contributed by atoms with Gasteiger partial charge in [-0.15, -0.1) is 0 Å². The molecule has 0 aliphatic heterocycles. The van der Waals surface area contributed by atoms with E-state index in [1.165, 1.54) is 5.56 Å². The summed E-state index contributed by atoms with van der Waals surface area (Å²) in [5.41, 5.74) is 4.96. The second-order valence-electron chi connectivity index (χ2n) is 4.70. The zero-order valence-corrected chi connectivity index (χ0v) is 11.1. The highest BCUT2D eigenvalue weighted by atomic mass is 15.3. The number of nitrogens with zero attached hydrogens (tertiary/aromatic N) is 3. The second-order valence-corrected chi connectivity index (χ2v) is 4.70. The molecule has 0 amide bonds. The Morgan fingerprint density at radius 2 is 1.85 bits per heavy atom. The first-order valence-corrected chi connectivity index (χ1v) is 6.38. The Balaban J connectivity index is 1.97. The third-order valence-electron chi connectivity index (χ3n) is 3.21. The second kappa shape index (κ2) is 5.02. The molecule has 3 nitrogen and oxygen atoms in total. The molecule has 0 aliphatic carbocycles. The van der Waals surface area contributed by atoms with Gasteiger partial charge in [-0.1, -0.05) is 35.9 Å². The zero-order valence-electron chi connectivity index (χ0n) is 11.1. The van der Waals surface area contributed by atoms with Crippen molar-refractivity contribution in [1.82, 2.24) is 9.78 Å². The van der Waals surface area contributed by atoms with Crippen LogP contribution in [0, 0.1) is 18.3 Å². The molecule has 0 radical (unpaired) electrons. The molecule has 3 heteroatoms. The fraction of sp³-hybridized carbons (Fsp3) is 0.0588. The molecule has 0 aliphatic rings. The summed E-state index contributed by atoms with van der Waals surface area (Å²) in [5, 5.41) is 13.3. The van der Waals surface area contributed by atoms with Gasteiger partial charge in [0.25, 0.3) is 0 Å². The number of hydrogen-bond acceptors (Lipinski definition) is 2. The standard InChI is InChI=1S/C17H13N3/c1-13-5-7-15(8-6-13)16-11-19-20(12-16)17-4-2-3-14(9-17)10-18/h2-9,11-12H,1H3. The summed E-state index contributed by atoms with van der Waals surface area (Å²) in [4.78, 5) is 0. The maximum absolute atomic E-state index is 8.94. The van der Waals surface area contributed by atoms with Crippen LogP contribution in [-0.2, 0) is 0 Å². The molecule has 0 saturated heterocycles. The van der Waals surface area contributed by atoms with E-state index in [1.54, 1.807) is 10.7 Å². The molecule has 1 aromatic heterocycles. The van der Waals surface area contributed by atoms with Crippen LogP contribution in [0.15, 0.2) is 60.9 Å². The number of hydrogen-bond donors (Lipinski definition) is 0. The molecule has 1 heterocycles. The normalized spacial score (nSPS) is 10.2. The largest absolute Gasteiger partial charge is 0.240 e.